The largest absolute Gasteiger partial charge is 0.360 e. The maximum absolute atomic E-state index is 5.48. The minimum absolute atomic E-state index is 0.362. The van der Waals surface area contributed by atoms with E-state index >= 15 is 0 Å². The van der Waals surface area contributed by atoms with E-state index in [2.05, 4.69) is 79.1 Å². The van der Waals surface area contributed by atoms with Crippen LogP contribution in [0.15, 0.2) is 54.6 Å². The predicted octanol–water partition coefficient (Wildman–Crippen LogP) is 5.08. The maximum Gasteiger partial charge on any atom is 0.171 e. The summed E-state index contributed by atoms with van der Waals surface area (Å²) < 4.78 is 0. The summed E-state index contributed by atoms with van der Waals surface area (Å²) >= 11 is 5.48. The van der Waals surface area contributed by atoms with E-state index in [1.165, 1.54) is 21.5 Å². The zero-order chi connectivity index (χ0) is 15.5. The van der Waals surface area contributed by atoms with Crippen LogP contribution in [0.2, 0.25) is 0 Å². The van der Waals surface area contributed by atoms with Gasteiger partial charge in [-0.25, -0.2) is 0 Å². The van der Waals surface area contributed by atoms with Crippen LogP contribution < -0.4 is 10.6 Å². The predicted molar refractivity (Wildman–Crippen MR) is 101 cm³/mol. The molecular formula is C19H20N2S. The van der Waals surface area contributed by atoms with E-state index in [-0.39, 0.29) is 0 Å². The van der Waals surface area contributed by atoms with Crippen molar-refractivity contribution in [3.8, 4) is 0 Å². The molecule has 0 fully saturated rings. The summed E-state index contributed by atoms with van der Waals surface area (Å²) in [7, 11) is 0. The van der Waals surface area contributed by atoms with Crippen molar-refractivity contribution in [1.82, 2.24) is 5.32 Å². The summed E-state index contributed by atoms with van der Waals surface area (Å²) in [6.07, 6.45) is 1.04. The number of hydrogen-bond acceptors (Lipinski definition) is 1. The number of rotatable bonds is 3. The molecule has 0 aliphatic rings. The Kier molecular flexibility index (Phi) is 4.25. The first kappa shape index (κ1) is 14.8. The highest BCUT2D eigenvalue weighted by molar-refractivity contribution is 7.80. The fourth-order valence-electron chi connectivity index (χ4n) is 2.62. The molecule has 22 heavy (non-hydrogen) atoms. The SMILES string of the molecule is CCC(C)NC(=S)Nc1c2ccccc2cc2ccccc12. The standard InChI is InChI=1S/C19H20N2S/c1-3-13(2)20-19(22)21-18-16-10-6-4-8-14(16)12-15-9-5-7-11-17(15)18/h4-13H,3H2,1-2H3,(H2,20,21,22). The minimum Gasteiger partial charge on any atom is -0.360 e. The van der Waals surface area contributed by atoms with E-state index in [9.17, 15) is 0 Å². The van der Waals surface area contributed by atoms with Crippen LogP contribution >= 0.6 is 12.2 Å². The number of fused-ring (bicyclic) bond motifs is 2. The molecule has 1 atom stereocenters. The van der Waals surface area contributed by atoms with Gasteiger partial charge < -0.3 is 10.6 Å². The topological polar surface area (TPSA) is 24.1 Å². The van der Waals surface area contributed by atoms with Crippen molar-refractivity contribution >= 4 is 44.6 Å². The van der Waals surface area contributed by atoms with E-state index in [1.54, 1.807) is 0 Å². The molecule has 3 aromatic carbocycles. The summed E-state index contributed by atoms with van der Waals surface area (Å²) in [5.41, 5.74) is 1.08. The first-order chi connectivity index (χ1) is 10.7. The van der Waals surface area contributed by atoms with Crippen LogP contribution in [0.1, 0.15) is 20.3 Å². The third-order valence-corrected chi connectivity index (χ3v) is 4.22. The summed E-state index contributed by atoms with van der Waals surface area (Å²) in [5, 5.41) is 12.2. The zero-order valence-electron chi connectivity index (χ0n) is 12.9. The molecule has 0 aromatic heterocycles. The third kappa shape index (κ3) is 2.90. The monoisotopic (exact) mass is 308 g/mol. The smallest absolute Gasteiger partial charge is 0.171 e. The van der Waals surface area contributed by atoms with Crippen LogP contribution in [0.3, 0.4) is 0 Å². The highest BCUT2D eigenvalue weighted by Crippen LogP contribution is 2.32. The molecule has 0 spiro atoms. The Morgan fingerprint density at radius 2 is 1.55 bits per heavy atom. The van der Waals surface area contributed by atoms with Gasteiger partial charge in [-0.05, 0) is 42.4 Å². The highest BCUT2D eigenvalue weighted by Gasteiger charge is 2.09. The van der Waals surface area contributed by atoms with Gasteiger partial charge in [0.1, 0.15) is 0 Å². The van der Waals surface area contributed by atoms with Gasteiger partial charge in [0.25, 0.3) is 0 Å². The molecule has 112 valence electrons. The average molecular weight is 308 g/mol. The van der Waals surface area contributed by atoms with Gasteiger partial charge in [-0.3, -0.25) is 0 Å². The van der Waals surface area contributed by atoms with Crippen LogP contribution in [0, 0.1) is 0 Å². The number of hydrogen-bond donors (Lipinski definition) is 2. The van der Waals surface area contributed by atoms with Crippen molar-refractivity contribution < 1.29 is 0 Å². The molecule has 3 aromatic rings. The van der Waals surface area contributed by atoms with Crippen LogP contribution in [0.25, 0.3) is 21.5 Å². The van der Waals surface area contributed by atoms with Crippen LogP contribution in [0.5, 0.6) is 0 Å². The summed E-state index contributed by atoms with van der Waals surface area (Å²) in [4.78, 5) is 0. The minimum atomic E-state index is 0.362. The Balaban J connectivity index is 2.10. The second-order valence-corrected chi connectivity index (χ2v) is 6.01. The van der Waals surface area contributed by atoms with Gasteiger partial charge >= 0.3 is 0 Å². The molecule has 0 aliphatic carbocycles. The van der Waals surface area contributed by atoms with E-state index < -0.39 is 0 Å². The molecule has 0 amide bonds. The molecule has 2 nitrogen and oxygen atoms in total. The Bertz CT molecular complexity index is 772. The normalized spacial score (nSPS) is 12.3. The van der Waals surface area contributed by atoms with Gasteiger partial charge in [-0.15, -0.1) is 0 Å². The number of thiocarbonyl (C=S) groups is 1. The van der Waals surface area contributed by atoms with Crippen LogP contribution in [-0.2, 0) is 0 Å². The quantitative estimate of drug-likeness (QED) is 0.521. The number of nitrogens with one attached hydrogen (secondary N) is 2. The number of anilines is 1. The Hall–Kier alpha value is -2.13. The molecule has 0 saturated carbocycles. The molecule has 0 saturated heterocycles. The average Bonchev–Trinajstić information content (AvgIpc) is 2.54. The first-order valence-corrected chi connectivity index (χ1v) is 8.08. The summed E-state index contributed by atoms with van der Waals surface area (Å²) in [5.74, 6) is 0. The third-order valence-electron chi connectivity index (χ3n) is 4.00. The van der Waals surface area contributed by atoms with Gasteiger partial charge in [0.15, 0.2) is 5.11 Å². The molecule has 0 heterocycles. The molecular weight excluding hydrogens is 288 g/mol. The van der Waals surface area contributed by atoms with Crippen molar-refractivity contribution in [1.29, 1.82) is 0 Å². The molecule has 0 aliphatic heterocycles. The van der Waals surface area contributed by atoms with Crippen molar-refractivity contribution in [2.75, 3.05) is 5.32 Å². The lowest BCUT2D eigenvalue weighted by atomic mass is 10.0. The highest BCUT2D eigenvalue weighted by atomic mass is 32.1. The van der Waals surface area contributed by atoms with Crippen molar-refractivity contribution in [3.05, 3.63) is 54.6 Å². The van der Waals surface area contributed by atoms with Crippen LogP contribution in [0.4, 0.5) is 5.69 Å². The van der Waals surface area contributed by atoms with E-state index in [4.69, 9.17) is 12.2 Å². The van der Waals surface area contributed by atoms with Crippen LogP contribution in [-0.4, -0.2) is 11.2 Å². The van der Waals surface area contributed by atoms with Gasteiger partial charge in [0.05, 0.1) is 5.69 Å². The first-order valence-electron chi connectivity index (χ1n) is 7.67. The van der Waals surface area contributed by atoms with Gasteiger partial charge in [-0.2, -0.15) is 0 Å². The molecule has 1 unspecified atom stereocenters. The Labute approximate surface area is 136 Å². The fourth-order valence-corrected chi connectivity index (χ4v) is 2.93. The lowest BCUT2D eigenvalue weighted by molar-refractivity contribution is 0.646. The van der Waals surface area contributed by atoms with E-state index in [1.807, 2.05) is 0 Å². The zero-order valence-corrected chi connectivity index (χ0v) is 13.7. The van der Waals surface area contributed by atoms with E-state index in [0.717, 1.165) is 12.1 Å². The Morgan fingerprint density at radius 3 is 2.09 bits per heavy atom. The van der Waals surface area contributed by atoms with Gasteiger partial charge in [0, 0.05) is 16.8 Å². The molecule has 0 bridgehead atoms. The summed E-state index contributed by atoms with van der Waals surface area (Å²) in [6.45, 7) is 4.28. The second-order valence-electron chi connectivity index (χ2n) is 5.60. The van der Waals surface area contributed by atoms with Crippen molar-refractivity contribution in [2.24, 2.45) is 0 Å². The van der Waals surface area contributed by atoms with Gasteiger partial charge in [0.2, 0.25) is 0 Å². The van der Waals surface area contributed by atoms with Gasteiger partial charge in [-0.1, -0.05) is 55.5 Å². The molecule has 0 radical (unpaired) electrons. The Morgan fingerprint density at radius 1 is 1.00 bits per heavy atom. The lowest BCUT2D eigenvalue weighted by Crippen LogP contribution is -2.35. The summed E-state index contributed by atoms with van der Waals surface area (Å²) in [6, 6.07) is 19.4. The maximum atomic E-state index is 5.48. The fraction of sp³-hybridized carbons (Fsp3) is 0.211. The molecule has 3 rings (SSSR count). The lowest BCUT2D eigenvalue weighted by Gasteiger charge is -2.18. The van der Waals surface area contributed by atoms with E-state index in [0.29, 0.717) is 11.2 Å². The molecule has 2 N–H and O–H groups in total. The second kappa shape index (κ2) is 6.32. The van der Waals surface area contributed by atoms with Crippen molar-refractivity contribution in [2.45, 2.75) is 26.3 Å². The molecule has 3 heteroatoms. The number of benzene rings is 3. The van der Waals surface area contributed by atoms with Crippen molar-refractivity contribution in [3.63, 3.8) is 0 Å².